The number of nitrogens with zero attached hydrogens (tertiary/aromatic N) is 5. The van der Waals surface area contributed by atoms with Crippen LogP contribution in [0.4, 0.5) is 0 Å². The van der Waals surface area contributed by atoms with E-state index in [1.165, 1.54) is 0 Å². The van der Waals surface area contributed by atoms with Gasteiger partial charge in [-0.1, -0.05) is 0 Å². The van der Waals surface area contributed by atoms with Gasteiger partial charge in [-0.2, -0.15) is 5.10 Å². The second-order valence-electron chi connectivity index (χ2n) is 5.17. The molecule has 6 nitrogen and oxygen atoms in total. The predicted octanol–water partition coefficient (Wildman–Crippen LogP) is -0.586. The van der Waals surface area contributed by atoms with Gasteiger partial charge in [-0.05, 0) is 21.0 Å². The molecule has 1 aromatic rings. The van der Waals surface area contributed by atoms with E-state index < -0.39 is 0 Å². The van der Waals surface area contributed by atoms with E-state index in [4.69, 9.17) is 5.73 Å². The number of nitrogens with two attached hydrogens (primary N) is 1. The minimum Gasteiger partial charge on any atom is -0.326 e. The van der Waals surface area contributed by atoms with E-state index >= 15 is 0 Å². The number of aromatic nitrogens is 3. The van der Waals surface area contributed by atoms with E-state index in [1.54, 1.807) is 6.33 Å². The molecule has 0 amide bonds. The van der Waals surface area contributed by atoms with Crippen LogP contribution in [-0.2, 0) is 13.0 Å². The number of hydrogen-bond acceptors (Lipinski definition) is 5. The number of piperazine rings is 1. The van der Waals surface area contributed by atoms with Crippen LogP contribution in [0, 0.1) is 0 Å². The summed E-state index contributed by atoms with van der Waals surface area (Å²) in [5.74, 6) is 0.992. The smallest absolute Gasteiger partial charge is 0.138 e. The third-order valence-electron chi connectivity index (χ3n) is 3.81. The van der Waals surface area contributed by atoms with E-state index in [0.717, 1.165) is 38.4 Å². The molecule has 1 fully saturated rings. The average Bonchev–Trinajstić information content (AvgIpc) is 2.79. The van der Waals surface area contributed by atoms with Crippen molar-refractivity contribution in [3.8, 4) is 0 Å². The molecule has 2 rings (SSSR count). The summed E-state index contributed by atoms with van der Waals surface area (Å²) >= 11 is 0. The molecule has 2 unspecified atom stereocenters. The monoisotopic (exact) mass is 252 g/mol. The topological polar surface area (TPSA) is 63.2 Å². The van der Waals surface area contributed by atoms with Crippen molar-refractivity contribution in [2.45, 2.75) is 32.0 Å². The van der Waals surface area contributed by atoms with Crippen molar-refractivity contribution in [2.24, 2.45) is 5.73 Å². The van der Waals surface area contributed by atoms with Crippen LogP contribution in [0.25, 0.3) is 0 Å². The van der Waals surface area contributed by atoms with E-state index in [1.807, 2.05) is 4.68 Å². The molecule has 1 aliphatic rings. The van der Waals surface area contributed by atoms with Crippen LogP contribution in [0.3, 0.4) is 0 Å². The van der Waals surface area contributed by atoms with Crippen LogP contribution < -0.4 is 5.73 Å². The SMILES string of the molecule is CCn1ncnc1CC(N)C1CN(C)CCN1C. The van der Waals surface area contributed by atoms with Crippen molar-refractivity contribution >= 4 is 0 Å². The highest BCUT2D eigenvalue weighted by atomic mass is 15.3. The third kappa shape index (κ3) is 2.88. The van der Waals surface area contributed by atoms with Crippen molar-refractivity contribution in [1.82, 2.24) is 24.6 Å². The summed E-state index contributed by atoms with van der Waals surface area (Å²) in [5, 5.41) is 4.19. The first-order valence-electron chi connectivity index (χ1n) is 6.62. The number of likely N-dealkylation sites (N-methyl/N-ethyl adjacent to an activating group) is 2. The van der Waals surface area contributed by atoms with Crippen molar-refractivity contribution in [2.75, 3.05) is 33.7 Å². The van der Waals surface area contributed by atoms with Crippen LogP contribution in [0.1, 0.15) is 12.7 Å². The van der Waals surface area contributed by atoms with Gasteiger partial charge in [-0.3, -0.25) is 9.58 Å². The molecule has 18 heavy (non-hydrogen) atoms. The Kier molecular flexibility index (Phi) is 4.31. The zero-order valence-corrected chi connectivity index (χ0v) is 11.6. The zero-order chi connectivity index (χ0) is 13.1. The van der Waals surface area contributed by atoms with Gasteiger partial charge in [0, 0.05) is 44.7 Å². The van der Waals surface area contributed by atoms with Crippen molar-refractivity contribution in [3.05, 3.63) is 12.2 Å². The van der Waals surface area contributed by atoms with Crippen LogP contribution in [0.5, 0.6) is 0 Å². The molecule has 2 atom stereocenters. The summed E-state index contributed by atoms with van der Waals surface area (Å²) in [4.78, 5) is 9.01. The first kappa shape index (κ1) is 13.5. The highest BCUT2D eigenvalue weighted by Gasteiger charge is 2.28. The Morgan fingerprint density at radius 1 is 1.44 bits per heavy atom. The lowest BCUT2D eigenvalue weighted by Crippen LogP contribution is -2.58. The Bertz CT molecular complexity index is 376. The molecule has 6 heteroatoms. The molecule has 102 valence electrons. The Labute approximate surface area is 109 Å². The fraction of sp³-hybridized carbons (Fsp3) is 0.833. The van der Waals surface area contributed by atoms with Gasteiger partial charge in [0.2, 0.25) is 0 Å². The molecule has 2 heterocycles. The summed E-state index contributed by atoms with van der Waals surface area (Å²) in [6.07, 6.45) is 2.40. The van der Waals surface area contributed by atoms with Gasteiger partial charge in [-0.25, -0.2) is 4.98 Å². The molecular weight excluding hydrogens is 228 g/mol. The lowest BCUT2D eigenvalue weighted by atomic mass is 10.0. The van der Waals surface area contributed by atoms with E-state index in [2.05, 4.69) is 40.9 Å². The second kappa shape index (κ2) is 5.77. The first-order chi connectivity index (χ1) is 8.61. The van der Waals surface area contributed by atoms with Gasteiger partial charge < -0.3 is 10.6 Å². The standard InChI is InChI=1S/C12H24N6/c1-4-18-12(14-9-15-18)7-10(13)11-8-16(2)5-6-17(11)3/h9-11H,4-8,13H2,1-3H3. The predicted molar refractivity (Wildman–Crippen MR) is 71.3 cm³/mol. The third-order valence-corrected chi connectivity index (χ3v) is 3.81. The minimum atomic E-state index is 0.104. The summed E-state index contributed by atoms with van der Waals surface area (Å²) in [6, 6.07) is 0.498. The molecule has 0 radical (unpaired) electrons. The van der Waals surface area contributed by atoms with Gasteiger partial charge in [0.15, 0.2) is 0 Å². The zero-order valence-electron chi connectivity index (χ0n) is 11.6. The first-order valence-corrected chi connectivity index (χ1v) is 6.62. The molecule has 0 saturated carbocycles. The van der Waals surface area contributed by atoms with E-state index in [-0.39, 0.29) is 6.04 Å². The number of hydrogen-bond donors (Lipinski definition) is 1. The maximum atomic E-state index is 6.37. The molecule has 0 aliphatic carbocycles. The normalized spacial score (nSPS) is 24.3. The Hall–Kier alpha value is -0.980. The maximum Gasteiger partial charge on any atom is 0.138 e. The summed E-state index contributed by atoms with van der Waals surface area (Å²) in [5.41, 5.74) is 6.37. The lowest BCUT2D eigenvalue weighted by Gasteiger charge is -2.40. The molecular formula is C12H24N6. The quantitative estimate of drug-likeness (QED) is 0.776. The fourth-order valence-corrected chi connectivity index (χ4v) is 2.56. The van der Waals surface area contributed by atoms with Crippen molar-refractivity contribution in [3.63, 3.8) is 0 Å². The van der Waals surface area contributed by atoms with Crippen LogP contribution in [-0.4, -0.2) is 70.4 Å². The molecule has 0 bridgehead atoms. The summed E-state index contributed by atoms with van der Waals surface area (Å²) < 4.78 is 1.92. The second-order valence-corrected chi connectivity index (χ2v) is 5.17. The molecule has 1 saturated heterocycles. The average molecular weight is 252 g/mol. The highest BCUT2D eigenvalue weighted by Crippen LogP contribution is 2.11. The Morgan fingerprint density at radius 2 is 2.22 bits per heavy atom. The molecule has 0 aromatic carbocycles. The van der Waals surface area contributed by atoms with Gasteiger partial charge in [-0.15, -0.1) is 0 Å². The Balaban J connectivity index is 2.00. The maximum absolute atomic E-state index is 6.37. The molecule has 2 N–H and O–H groups in total. The number of aryl methyl sites for hydroxylation is 1. The fourth-order valence-electron chi connectivity index (χ4n) is 2.56. The molecule has 1 aromatic heterocycles. The van der Waals surface area contributed by atoms with Gasteiger partial charge in [0.05, 0.1) is 0 Å². The number of rotatable bonds is 4. The van der Waals surface area contributed by atoms with Crippen LogP contribution in [0.2, 0.25) is 0 Å². The van der Waals surface area contributed by atoms with Crippen molar-refractivity contribution < 1.29 is 0 Å². The summed E-state index contributed by atoms with van der Waals surface area (Å²) in [7, 11) is 4.31. The van der Waals surface area contributed by atoms with Crippen LogP contribution in [0.15, 0.2) is 6.33 Å². The molecule has 1 aliphatic heterocycles. The molecule has 0 spiro atoms. The van der Waals surface area contributed by atoms with Crippen LogP contribution >= 0.6 is 0 Å². The Morgan fingerprint density at radius 3 is 2.94 bits per heavy atom. The van der Waals surface area contributed by atoms with E-state index in [0.29, 0.717) is 6.04 Å². The summed E-state index contributed by atoms with van der Waals surface area (Å²) in [6.45, 7) is 6.14. The van der Waals surface area contributed by atoms with Gasteiger partial charge in [0.1, 0.15) is 12.2 Å². The lowest BCUT2D eigenvalue weighted by molar-refractivity contribution is 0.0966. The van der Waals surface area contributed by atoms with E-state index in [9.17, 15) is 0 Å². The van der Waals surface area contributed by atoms with Gasteiger partial charge >= 0.3 is 0 Å². The minimum absolute atomic E-state index is 0.104. The van der Waals surface area contributed by atoms with Gasteiger partial charge in [0.25, 0.3) is 0 Å². The van der Waals surface area contributed by atoms with Crippen molar-refractivity contribution in [1.29, 1.82) is 0 Å². The largest absolute Gasteiger partial charge is 0.326 e. The highest BCUT2D eigenvalue weighted by molar-refractivity contribution is 4.95.